The molecule has 2 fully saturated rings. The van der Waals surface area contributed by atoms with Crippen molar-refractivity contribution in [3.8, 4) is 0 Å². The van der Waals surface area contributed by atoms with E-state index in [2.05, 4.69) is 0 Å². The lowest BCUT2D eigenvalue weighted by atomic mass is 9.97. The summed E-state index contributed by atoms with van der Waals surface area (Å²) in [5, 5.41) is 0. The molecule has 2 aliphatic carbocycles. The maximum atomic E-state index is 12.6. The number of hydrogen-bond donors (Lipinski definition) is 1. The number of nitrogens with two attached hydrogens (primary N) is 1. The second-order valence-corrected chi connectivity index (χ2v) is 3.46. The fraction of sp³-hybridized carbons (Fsp3) is 1.00. The Bertz CT molecular complexity index is 158. The Balaban J connectivity index is 2.04. The standard InChI is InChI=1S/C7H11F2N/c8-7(9)5-2-1-4(10)3-6(5)7/h4-6H,1-3,10H2/t4-,5+,6-/m1/s1. The Morgan fingerprint density at radius 1 is 1.20 bits per heavy atom. The van der Waals surface area contributed by atoms with E-state index < -0.39 is 5.92 Å². The molecule has 3 heteroatoms. The fourth-order valence-corrected chi connectivity index (χ4v) is 2.01. The van der Waals surface area contributed by atoms with E-state index >= 15 is 0 Å². The third-order valence-corrected chi connectivity index (χ3v) is 2.77. The molecule has 58 valence electrons. The van der Waals surface area contributed by atoms with Crippen molar-refractivity contribution in [3.05, 3.63) is 0 Å². The summed E-state index contributed by atoms with van der Waals surface area (Å²) in [5.74, 6) is -3.03. The van der Waals surface area contributed by atoms with Crippen LogP contribution in [0.25, 0.3) is 0 Å². The molecule has 0 aromatic heterocycles. The van der Waals surface area contributed by atoms with Crippen LogP contribution >= 0.6 is 0 Å². The molecule has 0 heterocycles. The molecular weight excluding hydrogens is 136 g/mol. The Morgan fingerprint density at radius 3 is 2.40 bits per heavy atom. The number of halogens is 2. The largest absolute Gasteiger partial charge is 0.328 e. The van der Waals surface area contributed by atoms with Gasteiger partial charge >= 0.3 is 0 Å². The predicted molar refractivity (Wildman–Crippen MR) is 33.8 cm³/mol. The molecule has 0 bridgehead atoms. The smallest absolute Gasteiger partial charge is 0.254 e. The van der Waals surface area contributed by atoms with E-state index in [0.29, 0.717) is 12.8 Å². The molecular formula is C7H11F2N. The molecule has 1 nitrogen and oxygen atoms in total. The SMILES string of the molecule is N[C@@H]1CC[C@H]2[C@@H](C1)C2(F)F. The van der Waals surface area contributed by atoms with E-state index in [1.807, 2.05) is 0 Å². The predicted octanol–water partition coefficient (Wildman–Crippen LogP) is 1.38. The van der Waals surface area contributed by atoms with Gasteiger partial charge in [-0.3, -0.25) is 0 Å². The average Bonchev–Trinajstić information content (AvgIpc) is 2.36. The van der Waals surface area contributed by atoms with Gasteiger partial charge in [0.25, 0.3) is 5.92 Å². The Morgan fingerprint density at radius 2 is 1.90 bits per heavy atom. The van der Waals surface area contributed by atoms with Crippen molar-refractivity contribution in [1.82, 2.24) is 0 Å². The monoisotopic (exact) mass is 147 g/mol. The van der Waals surface area contributed by atoms with Crippen molar-refractivity contribution < 1.29 is 8.78 Å². The molecule has 0 aliphatic heterocycles. The van der Waals surface area contributed by atoms with E-state index in [4.69, 9.17) is 5.73 Å². The molecule has 10 heavy (non-hydrogen) atoms. The minimum Gasteiger partial charge on any atom is -0.328 e. The van der Waals surface area contributed by atoms with Crippen molar-refractivity contribution in [1.29, 1.82) is 0 Å². The van der Waals surface area contributed by atoms with E-state index in [1.165, 1.54) is 0 Å². The molecule has 0 unspecified atom stereocenters. The third-order valence-electron chi connectivity index (χ3n) is 2.77. The van der Waals surface area contributed by atoms with Gasteiger partial charge in [-0.25, -0.2) is 8.78 Å². The summed E-state index contributed by atoms with van der Waals surface area (Å²) in [6, 6.07) is 0.0367. The highest BCUT2D eigenvalue weighted by Crippen LogP contribution is 2.61. The summed E-state index contributed by atoms with van der Waals surface area (Å²) >= 11 is 0. The van der Waals surface area contributed by atoms with Gasteiger partial charge in [0.2, 0.25) is 0 Å². The summed E-state index contributed by atoms with van der Waals surface area (Å²) in [4.78, 5) is 0. The van der Waals surface area contributed by atoms with Crippen molar-refractivity contribution in [2.24, 2.45) is 17.6 Å². The number of rotatable bonds is 0. The maximum Gasteiger partial charge on any atom is 0.254 e. The van der Waals surface area contributed by atoms with E-state index in [-0.39, 0.29) is 17.9 Å². The van der Waals surface area contributed by atoms with Crippen LogP contribution < -0.4 is 5.73 Å². The zero-order chi connectivity index (χ0) is 7.35. The van der Waals surface area contributed by atoms with Gasteiger partial charge in [-0.15, -0.1) is 0 Å². The molecule has 0 spiro atoms. The Labute approximate surface area is 58.6 Å². The van der Waals surface area contributed by atoms with Gasteiger partial charge in [-0.1, -0.05) is 0 Å². The molecule has 0 amide bonds. The van der Waals surface area contributed by atoms with Crippen molar-refractivity contribution in [3.63, 3.8) is 0 Å². The topological polar surface area (TPSA) is 26.0 Å². The average molecular weight is 147 g/mol. The first-order chi connectivity index (χ1) is 4.62. The van der Waals surface area contributed by atoms with Crippen LogP contribution in [0.2, 0.25) is 0 Å². The van der Waals surface area contributed by atoms with E-state index in [0.717, 1.165) is 6.42 Å². The lowest BCUT2D eigenvalue weighted by molar-refractivity contribution is 0.0848. The molecule has 0 aromatic carbocycles. The zero-order valence-electron chi connectivity index (χ0n) is 5.69. The van der Waals surface area contributed by atoms with Crippen LogP contribution in [0.15, 0.2) is 0 Å². The lowest BCUT2D eigenvalue weighted by Gasteiger charge is -2.13. The minimum absolute atomic E-state index is 0.0367. The van der Waals surface area contributed by atoms with Crippen molar-refractivity contribution in [2.75, 3.05) is 0 Å². The van der Waals surface area contributed by atoms with E-state index in [9.17, 15) is 8.78 Å². The van der Waals surface area contributed by atoms with Gasteiger partial charge in [0.1, 0.15) is 0 Å². The van der Waals surface area contributed by atoms with Crippen LogP contribution in [0.3, 0.4) is 0 Å². The van der Waals surface area contributed by atoms with Crippen LogP contribution in [0.5, 0.6) is 0 Å². The normalized spacial score (nSPS) is 50.1. The molecule has 2 saturated carbocycles. The van der Waals surface area contributed by atoms with Crippen LogP contribution in [-0.4, -0.2) is 12.0 Å². The fourth-order valence-electron chi connectivity index (χ4n) is 2.01. The number of fused-ring (bicyclic) bond motifs is 1. The van der Waals surface area contributed by atoms with Gasteiger partial charge < -0.3 is 5.73 Å². The Kier molecular flexibility index (Phi) is 1.11. The maximum absolute atomic E-state index is 12.6. The summed E-state index contributed by atoms with van der Waals surface area (Å²) in [5.41, 5.74) is 5.54. The second kappa shape index (κ2) is 1.70. The number of alkyl halides is 2. The first-order valence-corrected chi connectivity index (χ1v) is 3.75. The molecule has 0 radical (unpaired) electrons. The number of hydrogen-bond acceptors (Lipinski definition) is 1. The van der Waals surface area contributed by atoms with Crippen LogP contribution in [0, 0.1) is 11.8 Å². The molecule has 2 rings (SSSR count). The zero-order valence-corrected chi connectivity index (χ0v) is 5.69. The lowest BCUT2D eigenvalue weighted by Crippen LogP contribution is -2.23. The first kappa shape index (κ1) is 6.53. The van der Waals surface area contributed by atoms with Gasteiger partial charge in [-0.05, 0) is 19.3 Å². The van der Waals surface area contributed by atoms with Crippen molar-refractivity contribution >= 4 is 0 Å². The summed E-state index contributed by atoms with van der Waals surface area (Å²) in [6.45, 7) is 0. The third kappa shape index (κ3) is 0.698. The van der Waals surface area contributed by atoms with Crippen molar-refractivity contribution in [2.45, 2.75) is 31.2 Å². The highest BCUT2D eigenvalue weighted by atomic mass is 19.3. The summed E-state index contributed by atoms with van der Waals surface area (Å²) in [7, 11) is 0. The molecule has 2 aliphatic rings. The minimum atomic E-state index is -2.35. The quantitative estimate of drug-likeness (QED) is 0.550. The second-order valence-electron chi connectivity index (χ2n) is 3.46. The van der Waals surface area contributed by atoms with Gasteiger partial charge in [0.05, 0.1) is 0 Å². The molecule has 0 saturated heterocycles. The molecule has 0 aromatic rings. The van der Waals surface area contributed by atoms with Crippen LogP contribution in [-0.2, 0) is 0 Å². The molecule has 3 atom stereocenters. The van der Waals surface area contributed by atoms with Gasteiger partial charge in [-0.2, -0.15) is 0 Å². The van der Waals surface area contributed by atoms with Gasteiger partial charge in [0, 0.05) is 17.9 Å². The Hall–Kier alpha value is -0.180. The summed E-state index contributed by atoms with van der Waals surface area (Å²) in [6.07, 6.45) is 1.97. The van der Waals surface area contributed by atoms with E-state index in [1.54, 1.807) is 0 Å². The van der Waals surface area contributed by atoms with Crippen LogP contribution in [0.1, 0.15) is 19.3 Å². The molecule has 2 N–H and O–H groups in total. The van der Waals surface area contributed by atoms with Gasteiger partial charge in [0.15, 0.2) is 0 Å². The summed E-state index contributed by atoms with van der Waals surface area (Å²) < 4.78 is 25.2. The van der Waals surface area contributed by atoms with Crippen LogP contribution in [0.4, 0.5) is 8.78 Å². The highest BCUT2D eigenvalue weighted by molar-refractivity contribution is 5.08. The highest BCUT2D eigenvalue weighted by Gasteiger charge is 2.68. The first-order valence-electron chi connectivity index (χ1n) is 3.75.